The van der Waals surface area contributed by atoms with Crippen molar-refractivity contribution >= 4 is 0 Å². The van der Waals surface area contributed by atoms with Gasteiger partial charge in [0.1, 0.15) is 5.82 Å². The van der Waals surface area contributed by atoms with E-state index in [-0.39, 0.29) is 5.82 Å². The molecule has 4 heteroatoms. The summed E-state index contributed by atoms with van der Waals surface area (Å²) in [5.41, 5.74) is 1.92. The number of rotatable bonds is 3. The largest absolute Gasteiger partial charge is 0.330 e. The van der Waals surface area contributed by atoms with Gasteiger partial charge in [0.2, 0.25) is 0 Å². The van der Waals surface area contributed by atoms with Gasteiger partial charge in [-0.3, -0.25) is 0 Å². The molecular formula is C15H18FN3. The number of nitrogens with one attached hydrogen (secondary N) is 1. The van der Waals surface area contributed by atoms with E-state index >= 15 is 0 Å². The Morgan fingerprint density at radius 3 is 3.05 bits per heavy atom. The maximum Gasteiger partial charge on any atom is 0.128 e. The predicted molar refractivity (Wildman–Crippen MR) is 72.6 cm³/mol. The summed E-state index contributed by atoms with van der Waals surface area (Å²) in [5, 5.41) is 3.41. The Bertz CT molecular complexity index is 544. The van der Waals surface area contributed by atoms with Crippen LogP contribution >= 0.6 is 0 Å². The number of nitrogens with zero attached hydrogens (tertiary/aromatic N) is 2. The SMILES string of the molecule is Fc1ccccc1Cn1cncc1C1CCCNC1. The van der Waals surface area contributed by atoms with Gasteiger partial charge in [-0.2, -0.15) is 0 Å². The molecule has 0 bridgehead atoms. The molecular weight excluding hydrogens is 241 g/mol. The summed E-state index contributed by atoms with van der Waals surface area (Å²) < 4.78 is 15.8. The highest BCUT2D eigenvalue weighted by molar-refractivity contribution is 5.19. The molecule has 1 N–H and O–H groups in total. The molecule has 19 heavy (non-hydrogen) atoms. The maximum absolute atomic E-state index is 13.7. The summed E-state index contributed by atoms with van der Waals surface area (Å²) in [4.78, 5) is 4.24. The molecule has 1 aliphatic heterocycles. The van der Waals surface area contributed by atoms with E-state index in [0.717, 1.165) is 13.1 Å². The number of halogens is 1. The summed E-state index contributed by atoms with van der Waals surface area (Å²) >= 11 is 0. The van der Waals surface area contributed by atoms with Gasteiger partial charge in [-0.05, 0) is 25.5 Å². The molecule has 0 aliphatic carbocycles. The van der Waals surface area contributed by atoms with Gasteiger partial charge in [0.15, 0.2) is 0 Å². The van der Waals surface area contributed by atoms with Gasteiger partial charge in [0, 0.05) is 29.9 Å². The van der Waals surface area contributed by atoms with Crippen LogP contribution in [0.5, 0.6) is 0 Å². The minimum Gasteiger partial charge on any atom is -0.330 e. The fourth-order valence-corrected chi connectivity index (χ4v) is 2.72. The first-order valence-corrected chi connectivity index (χ1v) is 6.79. The van der Waals surface area contributed by atoms with Gasteiger partial charge in [0.05, 0.1) is 12.9 Å². The lowest BCUT2D eigenvalue weighted by Crippen LogP contribution is -2.29. The van der Waals surface area contributed by atoms with Gasteiger partial charge in [0.25, 0.3) is 0 Å². The van der Waals surface area contributed by atoms with Crippen molar-refractivity contribution in [3.8, 4) is 0 Å². The molecule has 0 amide bonds. The minimum absolute atomic E-state index is 0.149. The topological polar surface area (TPSA) is 29.9 Å². The third-order valence-electron chi connectivity index (χ3n) is 3.76. The lowest BCUT2D eigenvalue weighted by molar-refractivity contribution is 0.443. The van der Waals surface area contributed by atoms with Crippen LogP contribution in [-0.4, -0.2) is 22.6 Å². The third-order valence-corrected chi connectivity index (χ3v) is 3.76. The van der Waals surface area contributed by atoms with Crippen LogP contribution in [0.4, 0.5) is 4.39 Å². The van der Waals surface area contributed by atoms with E-state index in [2.05, 4.69) is 14.9 Å². The number of benzene rings is 1. The Kier molecular flexibility index (Phi) is 3.60. The molecule has 0 radical (unpaired) electrons. The molecule has 1 saturated heterocycles. The van der Waals surface area contributed by atoms with Crippen LogP contribution in [0.15, 0.2) is 36.8 Å². The van der Waals surface area contributed by atoms with Crippen LogP contribution in [-0.2, 0) is 6.54 Å². The quantitative estimate of drug-likeness (QED) is 0.918. The molecule has 1 aliphatic rings. The second-order valence-corrected chi connectivity index (χ2v) is 5.08. The second-order valence-electron chi connectivity index (χ2n) is 5.08. The molecule has 2 heterocycles. The molecule has 100 valence electrons. The van der Waals surface area contributed by atoms with E-state index in [9.17, 15) is 4.39 Å². The van der Waals surface area contributed by atoms with Crippen molar-refractivity contribution in [1.29, 1.82) is 0 Å². The van der Waals surface area contributed by atoms with Gasteiger partial charge in [-0.25, -0.2) is 9.37 Å². The van der Waals surface area contributed by atoms with Crippen molar-refractivity contribution < 1.29 is 4.39 Å². The molecule has 2 aromatic rings. The average Bonchev–Trinajstić information content (AvgIpc) is 2.91. The van der Waals surface area contributed by atoms with Crippen molar-refractivity contribution in [3.63, 3.8) is 0 Å². The van der Waals surface area contributed by atoms with Crippen molar-refractivity contribution in [2.75, 3.05) is 13.1 Å². The van der Waals surface area contributed by atoms with E-state index in [1.54, 1.807) is 12.4 Å². The first-order valence-electron chi connectivity index (χ1n) is 6.79. The third kappa shape index (κ3) is 2.68. The zero-order valence-electron chi connectivity index (χ0n) is 10.8. The summed E-state index contributed by atoms with van der Waals surface area (Å²) in [7, 11) is 0. The molecule has 1 aromatic heterocycles. The second kappa shape index (κ2) is 5.53. The Hall–Kier alpha value is -1.68. The number of aromatic nitrogens is 2. The Balaban J connectivity index is 1.82. The Labute approximate surface area is 112 Å². The highest BCUT2D eigenvalue weighted by Gasteiger charge is 2.19. The van der Waals surface area contributed by atoms with Crippen molar-refractivity contribution in [2.45, 2.75) is 25.3 Å². The lowest BCUT2D eigenvalue weighted by atomic mass is 9.96. The first-order chi connectivity index (χ1) is 9.34. The molecule has 1 atom stereocenters. The molecule has 0 spiro atoms. The number of imidazole rings is 1. The molecule has 3 rings (SSSR count). The van der Waals surface area contributed by atoms with E-state index in [4.69, 9.17) is 0 Å². The highest BCUT2D eigenvalue weighted by atomic mass is 19.1. The van der Waals surface area contributed by atoms with Gasteiger partial charge < -0.3 is 9.88 Å². The summed E-state index contributed by atoms with van der Waals surface area (Å²) in [6.45, 7) is 2.64. The lowest BCUT2D eigenvalue weighted by Gasteiger charge is -2.23. The predicted octanol–water partition coefficient (Wildman–Crippen LogP) is 2.54. The Morgan fingerprint density at radius 2 is 2.26 bits per heavy atom. The Morgan fingerprint density at radius 1 is 1.37 bits per heavy atom. The zero-order valence-corrected chi connectivity index (χ0v) is 10.8. The molecule has 1 unspecified atom stereocenters. The van der Waals surface area contributed by atoms with Crippen LogP contribution < -0.4 is 5.32 Å². The molecule has 1 fully saturated rings. The normalized spacial score (nSPS) is 19.5. The molecule has 1 aromatic carbocycles. The van der Waals surface area contributed by atoms with E-state index in [1.807, 2.05) is 18.3 Å². The first kappa shape index (κ1) is 12.4. The fourth-order valence-electron chi connectivity index (χ4n) is 2.72. The summed E-state index contributed by atoms with van der Waals surface area (Å²) in [5.74, 6) is 0.340. The van der Waals surface area contributed by atoms with Gasteiger partial charge >= 0.3 is 0 Å². The van der Waals surface area contributed by atoms with Crippen molar-refractivity contribution in [2.24, 2.45) is 0 Å². The standard InChI is InChI=1S/C15H18FN3/c16-14-6-2-1-4-13(14)10-19-11-18-9-15(19)12-5-3-7-17-8-12/h1-2,4,6,9,11-12,17H,3,5,7-8,10H2. The smallest absolute Gasteiger partial charge is 0.128 e. The van der Waals surface area contributed by atoms with E-state index in [1.165, 1.54) is 24.6 Å². The number of hydrogen-bond acceptors (Lipinski definition) is 2. The number of hydrogen-bond donors (Lipinski definition) is 1. The fraction of sp³-hybridized carbons (Fsp3) is 0.400. The van der Waals surface area contributed by atoms with Crippen LogP contribution in [0.1, 0.15) is 30.0 Å². The molecule has 0 saturated carbocycles. The average molecular weight is 259 g/mol. The van der Waals surface area contributed by atoms with Crippen molar-refractivity contribution in [3.05, 3.63) is 53.9 Å². The van der Waals surface area contributed by atoms with Crippen LogP contribution in [0.25, 0.3) is 0 Å². The highest BCUT2D eigenvalue weighted by Crippen LogP contribution is 2.23. The summed E-state index contributed by atoms with van der Waals surface area (Å²) in [6, 6.07) is 6.93. The van der Waals surface area contributed by atoms with E-state index < -0.39 is 0 Å². The van der Waals surface area contributed by atoms with Crippen LogP contribution in [0.3, 0.4) is 0 Å². The molecule has 3 nitrogen and oxygen atoms in total. The summed E-state index contributed by atoms with van der Waals surface area (Å²) in [6.07, 6.45) is 6.08. The maximum atomic E-state index is 13.7. The van der Waals surface area contributed by atoms with Crippen LogP contribution in [0.2, 0.25) is 0 Å². The van der Waals surface area contributed by atoms with Crippen molar-refractivity contribution in [1.82, 2.24) is 14.9 Å². The monoisotopic (exact) mass is 259 g/mol. The number of piperidine rings is 1. The van der Waals surface area contributed by atoms with Gasteiger partial charge in [-0.1, -0.05) is 18.2 Å². The van der Waals surface area contributed by atoms with Gasteiger partial charge in [-0.15, -0.1) is 0 Å². The van der Waals surface area contributed by atoms with Crippen LogP contribution in [0, 0.1) is 5.82 Å². The zero-order chi connectivity index (χ0) is 13.1. The minimum atomic E-state index is -0.149. The van der Waals surface area contributed by atoms with E-state index in [0.29, 0.717) is 18.0 Å².